The van der Waals surface area contributed by atoms with E-state index in [0.717, 1.165) is 11.4 Å². The summed E-state index contributed by atoms with van der Waals surface area (Å²) >= 11 is 1.66. The first-order valence-electron chi connectivity index (χ1n) is 5.96. The van der Waals surface area contributed by atoms with Crippen LogP contribution in [0.1, 0.15) is 17.7 Å². The predicted octanol–water partition coefficient (Wildman–Crippen LogP) is 1.64. The van der Waals surface area contributed by atoms with Crippen molar-refractivity contribution in [3.63, 3.8) is 0 Å². The summed E-state index contributed by atoms with van der Waals surface area (Å²) in [5.74, 6) is 0.468. The lowest BCUT2D eigenvalue weighted by molar-refractivity contribution is 0.268. The molecule has 3 heterocycles. The fourth-order valence-corrected chi connectivity index (χ4v) is 3.77. The molecule has 2 aliphatic rings. The Labute approximate surface area is 100 Å². The van der Waals surface area contributed by atoms with E-state index in [0.29, 0.717) is 11.2 Å². The molecule has 0 radical (unpaired) electrons. The first-order chi connectivity index (χ1) is 7.77. The molecule has 0 amide bonds. The molecule has 3 rings (SSSR count). The number of rotatable bonds is 2. The quantitative estimate of drug-likeness (QED) is 0.822. The van der Waals surface area contributed by atoms with Crippen molar-refractivity contribution in [3.05, 3.63) is 16.3 Å². The van der Waals surface area contributed by atoms with E-state index >= 15 is 0 Å². The number of nitrogens with zero attached hydrogens (tertiary/aromatic N) is 1. The number of nitrogens with one attached hydrogen (secondary N) is 1. The van der Waals surface area contributed by atoms with Crippen LogP contribution in [0.15, 0.2) is 11.4 Å². The number of likely N-dealkylation sites (tertiary alicyclic amines) is 1. The van der Waals surface area contributed by atoms with Gasteiger partial charge in [0.15, 0.2) is 0 Å². The average molecular weight is 238 g/mol. The second kappa shape index (κ2) is 4.02. The highest BCUT2D eigenvalue weighted by atomic mass is 32.1. The van der Waals surface area contributed by atoms with E-state index in [1.54, 1.807) is 17.4 Å². The van der Waals surface area contributed by atoms with Gasteiger partial charge in [-0.3, -0.25) is 4.90 Å². The average Bonchev–Trinajstić information content (AvgIpc) is 2.96. The molecule has 2 N–H and O–H groups in total. The van der Waals surface area contributed by atoms with E-state index in [4.69, 9.17) is 0 Å². The Morgan fingerprint density at radius 1 is 1.50 bits per heavy atom. The summed E-state index contributed by atoms with van der Waals surface area (Å²) in [5, 5.41) is 15.1. The molecule has 1 aromatic heterocycles. The normalized spacial score (nSPS) is 30.5. The minimum absolute atomic E-state index is 0.468. The van der Waals surface area contributed by atoms with Crippen LogP contribution in [0.5, 0.6) is 5.75 Å². The molecule has 0 aliphatic carbocycles. The fourth-order valence-electron chi connectivity index (χ4n) is 2.96. The maximum absolute atomic E-state index is 9.64. The van der Waals surface area contributed by atoms with Crippen LogP contribution >= 0.6 is 11.3 Å². The van der Waals surface area contributed by atoms with E-state index in [2.05, 4.69) is 10.2 Å². The zero-order valence-electron chi connectivity index (χ0n) is 9.41. The first kappa shape index (κ1) is 10.6. The Balaban J connectivity index is 1.64. The van der Waals surface area contributed by atoms with Gasteiger partial charge >= 0.3 is 0 Å². The summed E-state index contributed by atoms with van der Waals surface area (Å²) in [6, 6.07) is 1.79. The number of hydrogen-bond donors (Lipinski definition) is 2. The topological polar surface area (TPSA) is 35.5 Å². The van der Waals surface area contributed by atoms with Crippen molar-refractivity contribution in [2.45, 2.75) is 19.4 Å². The first-order valence-corrected chi connectivity index (χ1v) is 6.84. The monoisotopic (exact) mass is 238 g/mol. The van der Waals surface area contributed by atoms with Crippen LogP contribution < -0.4 is 5.32 Å². The summed E-state index contributed by atoms with van der Waals surface area (Å²) in [4.78, 5) is 3.60. The lowest BCUT2D eigenvalue weighted by Gasteiger charge is -2.22. The molecule has 16 heavy (non-hydrogen) atoms. The molecule has 2 aliphatic heterocycles. The van der Waals surface area contributed by atoms with Crippen molar-refractivity contribution in [1.82, 2.24) is 10.2 Å². The van der Waals surface area contributed by atoms with Gasteiger partial charge in [0.2, 0.25) is 0 Å². The van der Waals surface area contributed by atoms with Gasteiger partial charge in [-0.1, -0.05) is 0 Å². The Kier molecular flexibility index (Phi) is 2.65. The molecule has 2 saturated heterocycles. The van der Waals surface area contributed by atoms with Crippen molar-refractivity contribution in [1.29, 1.82) is 0 Å². The van der Waals surface area contributed by atoms with E-state index in [1.807, 2.05) is 5.38 Å². The van der Waals surface area contributed by atoms with E-state index in [1.165, 1.54) is 39.0 Å². The van der Waals surface area contributed by atoms with Gasteiger partial charge in [-0.25, -0.2) is 0 Å². The van der Waals surface area contributed by atoms with E-state index in [9.17, 15) is 5.11 Å². The smallest absolute Gasteiger partial charge is 0.130 e. The van der Waals surface area contributed by atoms with Gasteiger partial charge in [0, 0.05) is 19.6 Å². The van der Waals surface area contributed by atoms with E-state index in [-0.39, 0.29) is 0 Å². The third kappa shape index (κ3) is 1.85. The lowest BCUT2D eigenvalue weighted by atomic mass is 9.87. The lowest BCUT2D eigenvalue weighted by Crippen LogP contribution is -2.28. The minimum Gasteiger partial charge on any atom is -0.507 e. The molecule has 0 bridgehead atoms. The van der Waals surface area contributed by atoms with Crippen LogP contribution in [-0.2, 0) is 6.54 Å². The van der Waals surface area contributed by atoms with Crippen molar-refractivity contribution in [2.24, 2.45) is 5.41 Å². The second-order valence-corrected chi connectivity index (χ2v) is 6.12. The highest BCUT2D eigenvalue weighted by molar-refractivity contribution is 7.10. The molecule has 1 spiro atoms. The number of thiophene rings is 1. The van der Waals surface area contributed by atoms with Crippen molar-refractivity contribution >= 4 is 11.3 Å². The summed E-state index contributed by atoms with van der Waals surface area (Å²) in [5.41, 5.74) is 0.535. The molecule has 0 aromatic carbocycles. The summed E-state index contributed by atoms with van der Waals surface area (Å²) in [6.45, 7) is 5.65. The molecule has 1 unspecified atom stereocenters. The van der Waals surface area contributed by atoms with Crippen LogP contribution in [0.2, 0.25) is 0 Å². The summed E-state index contributed by atoms with van der Waals surface area (Å²) in [7, 11) is 0. The second-order valence-electron chi connectivity index (χ2n) is 5.12. The molecule has 2 fully saturated rings. The summed E-state index contributed by atoms with van der Waals surface area (Å²) in [6.07, 6.45) is 2.63. The zero-order chi connectivity index (χ0) is 11.0. The van der Waals surface area contributed by atoms with Crippen molar-refractivity contribution in [3.8, 4) is 5.75 Å². The van der Waals surface area contributed by atoms with Gasteiger partial charge in [0.25, 0.3) is 0 Å². The van der Waals surface area contributed by atoms with Gasteiger partial charge in [0.1, 0.15) is 5.75 Å². The Morgan fingerprint density at radius 2 is 2.44 bits per heavy atom. The maximum Gasteiger partial charge on any atom is 0.130 e. The molecule has 3 nitrogen and oxygen atoms in total. The van der Waals surface area contributed by atoms with Gasteiger partial charge in [-0.05, 0) is 42.8 Å². The molecule has 1 aromatic rings. The van der Waals surface area contributed by atoms with Crippen molar-refractivity contribution in [2.75, 3.05) is 26.2 Å². The van der Waals surface area contributed by atoms with Gasteiger partial charge in [0.05, 0.1) is 4.88 Å². The highest BCUT2D eigenvalue weighted by Gasteiger charge is 2.40. The fraction of sp³-hybridized carbons (Fsp3) is 0.667. The number of hydrogen-bond acceptors (Lipinski definition) is 4. The van der Waals surface area contributed by atoms with Crippen LogP contribution in [0.4, 0.5) is 0 Å². The third-order valence-corrected chi connectivity index (χ3v) is 4.83. The predicted molar refractivity (Wildman–Crippen MR) is 65.8 cm³/mol. The van der Waals surface area contributed by atoms with Crippen molar-refractivity contribution < 1.29 is 5.11 Å². The van der Waals surface area contributed by atoms with Gasteiger partial charge in [-0.15, -0.1) is 11.3 Å². The van der Waals surface area contributed by atoms with Crippen LogP contribution in [0, 0.1) is 5.41 Å². The van der Waals surface area contributed by atoms with Crippen LogP contribution in [-0.4, -0.2) is 36.2 Å². The van der Waals surface area contributed by atoms with E-state index < -0.39 is 0 Å². The van der Waals surface area contributed by atoms with Gasteiger partial charge < -0.3 is 10.4 Å². The van der Waals surface area contributed by atoms with Gasteiger partial charge in [-0.2, -0.15) is 0 Å². The molecule has 88 valence electrons. The molecule has 0 saturated carbocycles. The largest absolute Gasteiger partial charge is 0.507 e. The molecule has 1 atom stereocenters. The molecular formula is C12H18N2OS. The maximum atomic E-state index is 9.64. The Bertz CT molecular complexity index is 371. The SMILES string of the molecule is Oc1ccsc1CN1CCC2(CCNC2)C1. The molecular weight excluding hydrogens is 220 g/mol. The molecule has 4 heteroatoms. The Hall–Kier alpha value is -0.580. The Morgan fingerprint density at radius 3 is 3.12 bits per heavy atom. The standard InChI is InChI=1S/C12H18N2OS/c15-10-1-6-16-11(10)7-14-5-3-12(9-14)2-4-13-8-12/h1,6,13,15H,2-5,7-9H2. The highest BCUT2D eigenvalue weighted by Crippen LogP contribution is 2.37. The summed E-state index contributed by atoms with van der Waals surface area (Å²) < 4.78 is 0. The minimum atomic E-state index is 0.468. The van der Waals surface area contributed by atoms with Crippen LogP contribution in [0.3, 0.4) is 0 Å². The zero-order valence-corrected chi connectivity index (χ0v) is 10.2. The number of aromatic hydroxyl groups is 1. The van der Waals surface area contributed by atoms with Crippen LogP contribution in [0.25, 0.3) is 0 Å². The third-order valence-electron chi connectivity index (χ3n) is 3.94.